The fourth-order valence-corrected chi connectivity index (χ4v) is 3.37. The number of nitro benzene ring substituents is 1. The molecule has 11 heteroatoms. The Labute approximate surface area is 164 Å². The highest BCUT2D eigenvalue weighted by Crippen LogP contribution is 2.21. The molecule has 0 aliphatic carbocycles. The molecule has 142 valence electrons. The molecule has 27 heavy (non-hydrogen) atoms. The average molecular weight is 455 g/mol. The summed E-state index contributed by atoms with van der Waals surface area (Å²) < 4.78 is 25.6. The molecule has 2 rings (SSSR count). The highest BCUT2D eigenvalue weighted by atomic mass is 79.9. The number of benzene rings is 2. The van der Waals surface area contributed by atoms with Gasteiger partial charge in [-0.2, -0.15) is 5.10 Å². The van der Waals surface area contributed by atoms with Crippen molar-refractivity contribution in [3.05, 3.63) is 68.7 Å². The summed E-state index contributed by atoms with van der Waals surface area (Å²) in [5.41, 5.74) is 2.52. The van der Waals surface area contributed by atoms with Crippen molar-refractivity contribution in [1.29, 1.82) is 0 Å². The molecule has 0 spiro atoms. The minimum absolute atomic E-state index is 0.164. The summed E-state index contributed by atoms with van der Waals surface area (Å²) in [6, 6.07) is 12.4. The van der Waals surface area contributed by atoms with Crippen molar-refractivity contribution in [2.75, 3.05) is 17.1 Å². The largest absolute Gasteiger partial charge is 0.278 e. The Kier molecular flexibility index (Phi) is 6.64. The minimum Gasteiger partial charge on any atom is -0.271 e. The first kappa shape index (κ1) is 20.5. The fraction of sp³-hybridized carbons (Fsp3) is 0.125. The van der Waals surface area contributed by atoms with Crippen LogP contribution in [0.15, 0.2) is 58.1 Å². The Bertz CT molecular complexity index is 994. The van der Waals surface area contributed by atoms with Gasteiger partial charge in [-0.3, -0.25) is 19.2 Å². The smallest absolute Gasteiger partial charge is 0.271 e. The molecule has 1 N–H and O–H groups in total. The lowest BCUT2D eigenvalue weighted by molar-refractivity contribution is -0.385. The van der Waals surface area contributed by atoms with Crippen LogP contribution in [0.2, 0.25) is 0 Å². The van der Waals surface area contributed by atoms with E-state index < -0.39 is 27.4 Å². The second-order valence-corrected chi connectivity index (χ2v) is 8.18. The third kappa shape index (κ3) is 5.86. The van der Waals surface area contributed by atoms with E-state index in [-0.39, 0.29) is 11.3 Å². The maximum Gasteiger partial charge on any atom is 0.278 e. The molecule has 0 radical (unpaired) electrons. The molecule has 0 saturated carbocycles. The van der Waals surface area contributed by atoms with Crippen molar-refractivity contribution in [1.82, 2.24) is 5.43 Å². The minimum atomic E-state index is -3.71. The molecule has 0 unspecified atom stereocenters. The van der Waals surface area contributed by atoms with Crippen LogP contribution in [-0.2, 0) is 14.8 Å². The first-order valence-corrected chi connectivity index (χ1v) is 10.1. The average Bonchev–Trinajstić information content (AvgIpc) is 2.59. The van der Waals surface area contributed by atoms with Crippen molar-refractivity contribution in [2.24, 2.45) is 5.10 Å². The van der Waals surface area contributed by atoms with Gasteiger partial charge < -0.3 is 0 Å². The Morgan fingerprint density at radius 1 is 1.30 bits per heavy atom. The predicted molar refractivity (Wildman–Crippen MR) is 105 cm³/mol. The van der Waals surface area contributed by atoms with E-state index in [9.17, 15) is 23.3 Å². The number of nitrogens with zero attached hydrogens (tertiary/aromatic N) is 3. The molecule has 1 amide bonds. The van der Waals surface area contributed by atoms with Crippen LogP contribution in [0.3, 0.4) is 0 Å². The number of sulfonamides is 1. The van der Waals surface area contributed by atoms with Crippen LogP contribution in [0.1, 0.15) is 5.56 Å². The van der Waals surface area contributed by atoms with E-state index in [2.05, 4.69) is 26.5 Å². The first-order chi connectivity index (χ1) is 12.7. The van der Waals surface area contributed by atoms with Gasteiger partial charge in [0.1, 0.15) is 6.54 Å². The van der Waals surface area contributed by atoms with Crippen molar-refractivity contribution in [2.45, 2.75) is 0 Å². The van der Waals surface area contributed by atoms with Gasteiger partial charge in [0.25, 0.3) is 11.6 Å². The molecule has 2 aromatic rings. The quantitative estimate of drug-likeness (QED) is 0.390. The molecule has 2 aromatic carbocycles. The van der Waals surface area contributed by atoms with Gasteiger partial charge in [0.15, 0.2) is 0 Å². The topological polar surface area (TPSA) is 122 Å². The normalized spacial score (nSPS) is 11.3. The van der Waals surface area contributed by atoms with Gasteiger partial charge in [0.2, 0.25) is 10.0 Å². The summed E-state index contributed by atoms with van der Waals surface area (Å²) in [4.78, 5) is 22.5. The number of carbonyl (C=O) groups excluding carboxylic acids is 1. The second-order valence-electron chi connectivity index (χ2n) is 5.36. The number of nitro groups is 1. The number of nitrogens with one attached hydrogen (secondary N) is 1. The lowest BCUT2D eigenvalue weighted by atomic mass is 10.2. The Morgan fingerprint density at radius 2 is 2.00 bits per heavy atom. The number of rotatable bonds is 7. The Morgan fingerprint density at radius 3 is 2.63 bits per heavy atom. The Balaban J connectivity index is 2.12. The lowest BCUT2D eigenvalue weighted by Gasteiger charge is -2.21. The third-order valence-corrected chi connectivity index (χ3v) is 4.94. The number of halogens is 1. The molecule has 0 aliphatic rings. The molecular weight excluding hydrogens is 440 g/mol. The summed E-state index contributed by atoms with van der Waals surface area (Å²) in [6.07, 6.45) is 2.11. The lowest BCUT2D eigenvalue weighted by Crippen LogP contribution is -2.39. The van der Waals surface area contributed by atoms with Crippen LogP contribution in [0.5, 0.6) is 0 Å². The molecule has 0 aliphatic heterocycles. The first-order valence-electron chi connectivity index (χ1n) is 7.47. The fourth-order valence-electron chi connectivity index (χ4n) is 2.13. The number of hydrogen-bond donors (Lipinski definition) is 1. The van der Waals surface area contributed by atoms with Gasteiger partial charge >= 0.3 is 0 Å². The summed E-state index contributed by atoms with van der Waals surface area (Å²) in [5.74, 6) is -0.699. The zero-order valence-corrected chi connectivity index (χ0v) is 16.5. The maximum absolute atomic E-state index is 12.1. The molecule has 0 aromatic heterocycles. The Hall–Kier alpha value is -2.79. The number of hydrazone groups is 1. The maximum atomic E-state index is 12.1. The standard InChI is InChI=1S/C16H15BrN4O5S/c1-27(25,26)20(14-7-4-6-13(17)9-14)11-16(22)19-18-10-12-5-2-3-8-15(12)21(23)24/h2-10H,11H2,1H3,(H,19,22)/b18-10+. The highest BCUT2D eigenvalue weighted by Gasteiger charge is 2.21. The van der Waals surface area contributed by atoms with Crippen molar-refractivity contribution >= 4 is 49.4 Å². The zero-order chi connectivity index (χ0) is 20.0. The highest BCUT2D eigenvalue weighted by molar-refractivity contribution is 9.10. The molecule has 0 atom stereocenters. The SMILES string of the molecule is CS(=O)(=O)N(CC(=O)N/N=C/c1ccccc1[N+](=O)[O-])c1cccc(Br)c1. The van der Waals surface area contributed by atoms with Crippen molar-refractivity contribution < 1.29 is 18.1 Å². The van der Waals surface area contributed by atoms with Gasteiger partial charge in [0.05, 0.1) is 28.6 Å². The van der Waals surface area contributed by atoms with Crippen molar-refractivity contribution in [3.63, 3.8) is 0 Å². The number of carbonyl (C=O) groups is 1. The van der Waals surface area contributed by atoms with Crippen LogP contribution >= 0.6 is 15.9 Å². The molecule has 0 fully saturated rings. The van der Waals surface area contributed by atoms with Gasteiger partial charge in [0, 0.05) is 10.5 Å². The van der Waals surface area contributed by atoms with E-state index in [4.69, 9.17) is 0 Å². The molecule has 0 saturated heterocycles. The number of anilines is 1. The predicted octanol–water partition coefficient (Wildman–Crippen LogP) is 2.27. The molecular formula is C16H15BrN4O5S. The van der Waals surface area contributed by atoms with E-state index in [1.807, 2.05) is 0 Å². The van der Waals surface area contributed by atoms with E-state index in [1.165, 1.54) is 18.2 Å². The van der Waals surface area contributed by atoms with Crippen LogP contribution in [0, 0.1) is 10.1 Å². The summed E-state index contributed by atoms with van der Waals surface area (Å²) >= 11 is 3.25. The van der Waals surface area contributed by atoms with Crippen LogP contribution in [0.4, 0.5) is 11.4 Å². The molecule has 9 nitrogen and oxygen atoms in total. The van der Waals surface area contributed by atoms with E-state index >= 15 is 0 Å². The van der Waals surface area contributed by atoms with E-state index in [0.717, 1.165) is 16.8 Å². The summed E-state index contributed by atoms with van der Waals surface area (Å²) in [6.45, 7) is -0.497. The molecule has 0 bridgehead atoms. The van der Waals surface area contributed by atoms with E-state index in [0.29, 0.717) is 10.2 Å². The third-order valence-electron chi connectivity index (χ3n) is 3.31. The number of para-hydroxylation sites is 1. The molecule has 0 heterocycles. The number of amides is 1. The van der Waals surface area contributed by atoms with Gasteiger partial charge in [-0.25, -0.2) is 13.8 Å². The van der Waals surface area contributed by atoms with Gasteiger partial charge in [-0.15, -0.1) is 0 Å². The van der Waals surface area contributed by atoms with Crippen LogP contribution < -0.4 is 9.73 Å². The number of hydrogen-bond acceptors (Lipinski definition) is 6. The summed E-state index contributed by atoms with van der Waals surface area (Å²) in [5, 5.41) is 14.6. The van der Waals surface area contributed by atoms with E-state index in [1.54, 1.807) is 30.3 Å². The van der Waals surface area contributed by atoms with Crippen molar-refractivity contribution in [3.8, 4) is 0 Å². The van der Waals surface area contributed by atoms with Crippen LogP contribution in [0.25, 0.3) is 0 Å². The summed E-state index contributed by atoms with van der Waals surface area (Å²) in [7, 11) is -3.71. The second kappa shape index (κ2) is 8.73. The van der Waals surface area contributed by atoms with Crippen LogP contribution in [-0.4, -0.2) is 38.3 Å². The van der Waals surface area contributed by atoms with Gasteiger partial charge in [-0.1, -0.05) is 34.1 Å². The van der Waals surface area contributed by atoms with Gasteiger partial charge in [-0.05, 0) is 24.3 Å². The zero-order valence-electron chi connectivity index (χ0n) is 14.1. The monoisotopic (exact) mass is 454 g/mol.